The monoisotopic (exact) mass is 541 g/mol. The summed E-state index contributed by atoms with van der Waals surface area (Å²) in [6, 6.07) is 0. The first-order chi connectivity index (χ1) is 13.6. The Morgan fingerprint density at radius 1 is 0.966 bits per heavy atom. The number of piperidine rings is 1. The summed E-state index contributed by atoms with van der Waals surface area (Å²) in [6.45, 7) is 7.91. The van der Waals surface area contributed by atoms with Gasteiger partial charge in [0.05, 0.1) is 12.3 Å². The predicted octanol–water partition coefficient (Wildman–Crippen LogP) is 2.38. The molecule has 0 amide bonds. The normalized spacial score (nSPS) is 25.3. The first kappa shape index (κ1) is 25.1. The van der Waals surface area contributed by atoms with Gasteiger partial charge in [-0.05, 0) is 52.1 Å². The molecule has 2 N–H and O–H groups in total. The van der Waals surface area contributed by atoms with E-state index in [4.69, 9.17) is 4.99 Å². The Labute approximate surface area is 194 Å². The van der Waals surface area contributed by atoms with Crippen LogP contribution in [-0.4, -0.2) is 80.7 Å². The van der Waals surface area contributed by atoms with E-state index in [1.807, 2.05) is 0 Å². The molecule has 0 radical (unpaired) electrons. The highest BCUT2D eigenvalue weighted by Gasteiger charge is 2.38. The summed E-state index contributed by atoms with van der Waals surface area (Å²) >= 11 is 0. The van der Waals surface area contributed by atoms with Crippen molar-refractivity contribution in [2.45, 2.75) is 70.3 Å². The van der Waals surface area contributed by atoms with E-state index in [1.54, 1.807) is 4.31 Å². The highest BCUT2D eigenvalue weighted by Crippen LogP contribution is 2.35. The van der Waals surface area contributed by atoms with Crippen molar-refractivity contribution >= 4 is 40.0 Å². The molecule has 0 aromatic rings. The maximum atomic E-state index is 12.0. The summed E-state index contributed by atoms with van der Waals surface area (Å²) in [7, 11) is -3.02. The van der Waals surface area contributed by atoms with Crippen molar-refractivity contribution in [3.8, 4) is 0 Å². The summed E-state index contributed by atoms with van der Waals surface area (Å²) in [4.78, 5) is 7.69. The Hall–Kier alpha value is -0.130. The van der Waals surface area contributed by atoms with E-state index in [0.29, 0.717) is 25.4 Å². The van der Waals surface area contributed by atoms with E-state index in [0.717, 1.165) is 25.5 Å². The molecule has 0 unspecified atom stereocenters. The second-order valence-electron chi connectivity index (χ2n) is 8.52. The zero-order valence-corrected chi connectivity index (χ0v) is 21.1. The number of hydrogen-bond donors (Lipinski definition) is 2. The Morgan fingerprint density at radius 3 is 2.28 bits per heavy atom. The molecule has 0 atom stereocenters. The minimum Gasteiger partial charge on any atom is -0.357 e. The van der Waals surface area contributed by atoms with Crippen LogP contribution in [0.2, 0.25) is 0 Å². The zero-order chi connectivity index (χ0) is 19.9. The van der Waals surface area contributed by atoms with Gasteiger partial charge in [-0.1, -0.05) is 25.7 Å². The molecule has 2 aliphatic heterocycles. The second kappa shape index (κ2) is 12.0. The first-order valence-corrected chi connectivity index (χ1v) is 12.9. The molecule has 0 bridgehead atoms. The predicted molar refractivity (Wildman–Crippen MR) is 131 cm³/mol. The average molecular weight is 542 g/mol. The summed E-state index contributed by atoms with van der Waals surface area (Å²) < 4.78 is 25.5. The third-order valence-electron chi connectivity index (χ3n) is 6.54. The van der Waals surface area contributed by atoms with Crippen molar-refractivity contribution in [2.75, 3.05) is 51.6 Å². The Morgan fingerprint density at radius 2 is 1.66 bits per heavy atom. The molecular formula is C20H40IN5O2S. The number of nitrogens with one attached hydrogen (secondary N) is 2. The minimum absolute atomic E-state index is 0. The number of rotatable bonds is 7. The number of aliphatic imine (C=N–C) groups is 1. The van der Waals surface area contributed by atoms with Crippen LogP contribution in [-0.2, 0) is 10.0 Å². The van der Waals surface area contributed by atoms with Crippen LogP contribution in [0.25, 0.3) is 0 Å². The standard InChI is InChI=1S/C20H39N5O2S.HI/c1-2-21-19(22-12-16-25-15-9-17-28(25,26)27)23-18-20(10-5-3-6-11-20)24-13-7-4-8-14-24;/h2-18H2,1H3,(H2,21,22,23);1H. The lowest BCUT2D eigenvalue weighted by Crippen LogP contribution is -2.54. The molecule has 1 aliphatic carbocycles. The molecular weight excluding hydrogens is 501 g/mol. The molecule has 2 heterocycles. The smallest absolute Gasteiger partial charge is 0.214 e. The van der Waals surface area contributed by atoms with Gasteiger partial charge < -0.3 is 10.6 Å². The van der Waals surface area contributed by atoms with Crippen LogP contribution in [0, 0.1) is 0 Å². The van der Waals surface area contributed by atoms with Crippen molar-refractivity contribution in [3.05, 3.63) is 0 Å². The number of hydrogen-bond acceptors (Lipinski definition) is 4. The Bertz CT molecular complexity index is 616. The van der Waals surface area contributed by atoms with E-state index >= 15 is 0 Å². The van der Waals surface area contributed by atoms with Crippen LogP contribution in [0.5, 0.6) is 0 Å². The lowest BCUT2D eigenvalue weighted by Gasteiger charge is -2.47. The molecule has 3 aliphatic rings. The fourth-order valence-corrected chi connectivity index (χ4v) is 6.49. The third kappa shape index (κ3) is 6.93. The number of likely N-dealkylation sites (tertiary alicyclic amines) is 1. The molecule has 2 saturated heterocycles. The number of sulfonamides is 1. The van der Waals surface area contributed by atoms with Gasteiger partial charge in [-0.3, -0.25) is 9.89 Å². The van der Waals surface area contributed by atoms with E-state index in [9.17, 15) is 8.42 Å². The van der Waals surface area contributed by atoms with Crippen molar-refractivity contribution in [1.82, 2.24) is 19.8 Å². The molecule has 170 valence electrons. The third-order valence-corrected chi connectivity index (χ3v) is 8.50. The molecule has 0 aromatic carbocycles. The minimum atomic E-state index is -3.02. The largest absolute Gasteiger partial charge is 0.357 e. The molecule has 3 fully saturated rings. The highest BCUT2D eigenvalue weighted by atomic mass is 127. The topological polar surface area (TPSA) is 77.0 Å². The van der Waals surface area contributed by atoms with Crippen LogP contribution in [0.3, 0.4) is 0 Å². The maximum absolute atomic E-state index is 12.0. The molecule has 9 heteroatoms. The van der Waals surface area contributed by atoms with Gasteiger partial charge in [0.25, 0.3) is 0 Å². The van der Waals surface area contributed by atoms with Gasteiger partial charge in [-0.15, -0.1) is 24.0 Å². The molecule has 0 spiro atoms. The zero-order valence-electron chi connectivity index (χ0n) is 18.0. The molecule has 0 aromatic heterocycles. The fraction of sp³-hybridized carbons (Fsp3) is 0.950. The van der Waals surface area contributed by atoms with E-state index in [2.05, 4.69) is 22.5 Å². The molecule has 7 nitrogen and oxygen atoms in total. The van der Waals surface area contributed by atoms with Crippen molar-refractivity contribution in [2.24, 2.45) is 4.99 Å². The summed E-state index contributed by atoms with van der Waals surface area (Å²) in [6.07, 6.45) is 11.2. The van der Waals surface area contributed by atoms with Crippen molar-refractivity contribution < 1.29 is 8.42 Å². The summed E-state index contributed by atoms with van der Waals surface area (Å²) in [5.41, 5.74) is 0.222. The van der Waals surface area contributed by atoms with Crippen LogP contribution in [0.4, 0.5) is 0 Å². The van der Waals surface area contributed by atoms with E-state index in [-0.39, 0.29) is 29.5 Å². The van der Waals surface area contributed by atoms with Gasteiger partial charge in [0.2, 0.25) is 10.0 Å². The second-order valence-corrected chi connectivity index (χ2v) is 10.6. The van der Waals surface area contributed by atoms with Gasteiger partial charge in [0.1, 0.15) is 0 Å². The lowest BCUT2D eigenvalue weighted by atomic mass is 9.79. The van der Waals surface area contributed by atoms with E-state index in [1.165, 1.54) is 64.5 Å². The van der Waals surface area contributed by atoms with Crippen LogP contribution in [0.15, 0.2) is 4.99 Å². The van der Waals surface area contributed by atoms with Crippen LogP contribution in [0.1, 0.15) is 64.7 Å². The number of guanidine groups is 1. The average Bonchev–Trinajstić information content (AvgIpc) is 3.05. The van der Waals surface area contributed by atoms with Gasteiger partial charge in [0.15, 0.2) is 5.96 Å². The van der Waals surface area contributed by atoms with E-state index < -0.39 is 10.0 Å². The Balaban J connectivity index is 0.00000300. The Kier molecular flexibility index (Phi) is 10.4. The highest BCUT2D eigenvalue weighted by molar-refractivity contribution is 14.0. The summed E-state index contributed by atoms with van der Waals surface area (Å²) in [5, 5.41) is 6.70. The van der Waals surface area contributed by atoms with Gasteiger partial charge in [-0.2, -0.15) is 0 Å². The maximum Gasteiger partial charge on any atom is 0.214 e. The number of nitrogens with zero attached hydrogens (tertiary/aromatic N) is 3. The first-order valence-electron chi connectivity index (χ1n) is 11.3. The van der Waals surface area contributed by atoms with Crippen molar-refractivity contribution in [3.63, 3.8) is 0 Å². The van der Waals surface area contributed by atoms with Gasteiger partial charge >= 0.3 is 0 Å². The lowest BCUT2D eigenvalue weighted by molar-refractivity contribution is 0.0407. The summed E-state index contributed by atoms with van der Waals surface area (Å²) in [5.74, 6) is 1.11. The molecule has 29 heavy (non-hydrogen) atoms. The quantitative estimate of drug-likeness (QED) is 0.294. The molecule has 3 rings (SSSR count). The van der Waals surface area contributed by atoms with Gasteiger partial charge in [0, 0.05) is 31.7 Å². The number of halogens is 1. The molecule has 1 saturated carbocycles. The van der Waals surface area contributed by atoms with Crippen LogP contribution >= 0.6 is 24.0 Å². The van der Waals surface area contributed by atoms with Crippen LogP contribution < -0.4 is 10.6 Å². The fourth-order valence-electron chi connectivity index (χ4n) is 4.96. The van der Waals surface area contributed by atoms with Gasteiger partial charge in [-0.25, -0.2) is 12.7 Å². The SMILES string of the molecule is CCNC(=NCC1(N2CCCCC2)CCCCC1)NCCN1CCCS1(=O)=O.I. The van der Waals surface area contributed by atoms with Crippen molar-refractivity contribution in [1.29, 1.82) is 0 Å².